The lowest BCUT2D eigenvalue weighted by Gasteiger charge is -2.07. The fraction of sp³-hybridized carbons (Fsp3) is 0.308. The highest BCUT2D eigenvalue weighted by atomic mass is 35.5. The molecule has 2 N–H and O–H groups in total. The molecule has 7 heteroatoms. The summed E-state index contributed by atoms with van der Waals surface area (Å²) in [5.41, 5.74) is 0.605. The largest absolute Gasteiger partial charge is 0.339 e. The van der Waals surface area contributed by atoms with Crippen LogP contribution in [0.2, 0.25) is 5.02 Å². The van der Waals surface area contributed by atoms with Gasteiger partial charge in [0.25, 0.3) is 0 Å². The standard InChI is InChI=1S/C13H15ClN4O2/c1-9-16-13(20-18-9)6-7-15-8-12(19)17-11-5-3-2-4-10(11)14/h2-5,15H,6-8H2,1H3,(H,17,19). The van der Waals surface area contributed by atoms with E-state index in [0.29, 0.717) is 35.4 Å². The Bertz CT molecular complexity index is 585. The molecule has 0 saturated carbocycles. The molecule has 2 rings (SSSR count). The van der Waals surface area contributed by atoms with Gasteiger partial charge in [0.1, 0.15) is 0 Å². The van der Waals surface area contributed by atoms with Crippen molar-refractivity contribution in [3.8, 4) is 0 Å². The van der Waals surface area contributed by atoms with E-state index in [9.17, 15) is 4.79 Å². The summed E-state index contributed by atoms with van der Waals surface area (Å²) in [4.78, 5) is 15.8. The summed E-state index contributed by atoms with van der Waals surface area (Å²) in [6.07, 6.45) is 0.584. The molecule has 2 aromatic rings. The van der Waals surface area contributed by atoms with Crippen LogP contribution in [0.25, 0.3) is 0 Å². The molecular weight excluding hydrogens is 280 g/mol. The van der Waals surface area contributed by atoms with E-state index in [0.717, 1.165) is 0 Å². The predicted molar refractivity (Wildman–Crippen MR) is 75.7 cm³/mol. The maximum atomic E-state index is 11.7. The highest BCUT2D eigenvalue weighted by Crippen LogP contribution is 2.19. The Balaban J connectivity index is 1.69. The van der Waals surface area contributed by atoms with Gasteiger partial charge in [0, 0.05) is 13.0 Å². The number of nitrogens with one attached hydrogen (secondary N) is 2. The average Bonchev–Trinajstić information content (AvgIpc) is 2.83. The fourth-order valence-corrected chi connectivity index (χ4v) is 1.78. The summed E-state index contributed by atoms with van der Waals surface area (Å²) in [6.45, 7) is 2.54. The van der Waals surface area contributed by atoms with E-state index < -0.39 is 0 Å². The number of hydrogen-bond donors (Lipinski definition) is 2. The second-order valence-corrected chi connectivity index (χ2v) is 4.60. The minimum Gasteiger partial charge on any atom is -0.339 e. The van der Waals surface area contributed by atoms with Gasteiger partial charge in [0.15, 0.2) is 5.82 Å². The zero-order chi connectivity index (χ0) is 14.4. The third-order valence-corrected chi connectivity index (χ3v) is 2.85. The van der Waals surface area contributed by atoms with Gasteiger partial charge in [-0.1, -0.05) is 28.9 Å². The van der Waals surface area contributed by atoms with Gasteiger partial charge < -0.3 is 15.2 Å². The molecule has 0 unspecified atom stereocenters. The number of para-hydroxylation sites is 1. The van der Waals surface area contributed by atoms with Crippen LogP contribution < -0.4 is 10.6 Å². The lowest BCUT2D eigenvalue weighted by atomic mass is 10.3. The Morgan fingerprint density at radius 3 is 2.90 bits per heavy atom. The van der Waals surface area contributed by atoms with Gasteiger partial charge in [-0.05, 0) is 19.1 Å². The number of carbonyl (C=O) groups excluding carboxylic acids is 1. The number of nitrogens with zero attached hydrogens (tertiary/aromatic N) is 2. The van der Waals surface area contributed by atoms with Crippen molar-refractivity contribution >= 4 is 23.2 Å². The maximum absolute atomic E-state index is 11.7. The Morgan fingerprint density at radius 1 is 1.40 bits per heavy atom. The summed E-state index contributed by atoms with van der Waals surface area (Å²) in [6, 6.07) is 7.10. The Kier molecular flexibility index (Phi) is 5.09. The molecule has 106 valence electrons. The van der Waals surface area contributed by atoms with E-state index in [1.165, 1.54) is 0 Å². The van der Waals surface area contributed by atoms with Crippen LogP contribution in [0, 0.1) is 6.92 Å². The molecule has 0 spiro atoms. The lowest BCUT2D eigenvalue weighted by molar-refractivity contribution is -0.115. The summed E-state index contributed by atoms with van der Waals surface area (Å²) in [5.74, 6) is 1.01. The van der Waals surface area contributed by atoms with E-state index >= 15 is 0 Å². The summed E-state index contributed by atoms with van der Waals surface area (Å²) < 4.78 is 4.96. The van der Waals surface area contributed by atoms with Crippen LogP contribution in [-0.4, -0.2) is 29.1 Å². The van der Waals surface area contributed by atoms with Gasteiger partial charge in [-0.2, -0.15) is 4.98 Å². The molecule has 1 heterocycles. The highest BCUT2D eigenvalue weighted by Gasteiger charge is 2.06. The second kappa shape index (κ2) is 7.02. The molecule has 0 bridgehead atoms. The normalized spacial score (nSPS) is 10.5. The molecule has 1 aromatic heterocycles. The predicted octanol–water partition coefficient (Wildman–Crippen LogP) is 1.80. The SMILES string of the molecule is Cc1noc(CCNCC(=O)Nc2ccccc2Cl)n1. The van der Waals surface area contributed by atoms with Crippen molar-refractivity contribution in [1.82, 2.24) is 15.5 Å². The molecule has 6 nitrogen and oxygen atoms in total. The van der Waals surface area contributed by atoms with Gasteiger partial charge in [-0.25, -0.2) is 0 Å². The van der Waals surface area contributed by atoms with Crippen LogP contribution in [0.5, 0.6) is 0 Å². The van der Waals surface area contributed by atoms with E-state index in [1.54, 1.807) is 19.1 Å². The second-order valence-electron chi connectivity index (χ2n) is 4.19. The first kappa shape index (κ1) is 14.5. The van der Waals surface area contributed by atoms with Crippen LogP contribution in [0.3, 0.4) is 0 Å². The molecule has 0 aliphatic carbocycles. The molecule has 0 saturated heterocycles. The lowest BCUT2D eigenvalue weighted by Crippen LogP contribution is -2.29. The van der Waals surface area contributed by atoms with Crippen molar-refractivity contribution in [3.63, 3.8) is 0 Å². The molecule has 1 aromatic carbocycles. The molecule has 0 aliphatic rings. The number of benzene rings is 1. The first-order valence-electron chi connectivity index (χ1n) is 6.19. The van der Waals surface area contributed by atoms with E-state index in [1.807, 2.05) is 12.1 Å². The van der Waals surface area contributed by atoms with Crippen molar-refractivity contribution in [2.45, 2.75) is 13.3 Å². The third kappa shape index (κ3) is 4.32. The van der Waals surface area contributed by atoms with Gasteiger partial charge in [0.2, 0.25) is 11.8 Å². The molecular formula is C13H15ClN4O2. The number of aromatic nitrogens is 2. The van der Waals surface area contributed by atoms with Gasteiger partial charge in [-0.3, -0.25) is 4.79 Å². The topological polar surface area (TPSA) is 80.0 Å². The number of aryl methyl sites for hydroxylation is 1. The smallest absolute Gasteiger partial charge is 0.238 e. The molecule has 0 fully saturated rings. The zero-order valence-corrected chi connectivity index (χ0v) is 11.8. The Morgan fingerprint density at radius 2 is 2.20 bits per heavy atom. The number of carbonyl (C=O) groups is 1. The van der Waals surface area contributed by atoms with Crippen molar-refractivity contribution in [3.05, 3.63) is 41.0 Å². The minimum absolute atomic E-state index is 0.153. The maximum Gasteiger partial charge on any atom is 0.238 e. The summed E-state index contributed by atoms with van der Waals surface area (Å²) in [7, 11) is 0. The van der Waals surface area contributed by atoms with E-state index in [4.69, 9.17) is 16.1 Å². The van der Waals surface area contributed by atoms with Crippen LogP contribution >= 0.6 is 11.6 Å². The number of hydrogen-bond acceptors (Lipinski definition) is 5. The first-order valence-corrected chi connectivity index (χ1v) is 6.57. The van der Waals surface area contributed by atoms with Crippen molar-refractivity contribution < 1.29 is 9.32 Å². The highest BCUT2D eigenvalue weighted by molar-refractivity contribution is 6.33. The first-order chi connectivity index (χ1) is 9.65. The fourth-order valence-electron chi connectivity index (χ4n) is 1.60. The van der Waals surface area contributed by atoms with Crippen molar-refractivity contribution in [1.29, 1.82) is 0 Å². The summed E-state index contributed by atoms with van der Waals surface area (Å²) >= 11 is 5.95. The summed E-state index contributed by atoms with van der Waals surface area (Å²) in [5, 5.41) is 9.93. The van der Waals surface area contributed by atoms with Crippen molar-refractivity contribution in [2.75, 3.05) is 18.4 Å². The quantitative estimate of drug-likeness (QED) is 0.794. The Labute approximate surface area is 121 Å². The monoisotopic (exact) mass is 294 g/mol. The molecule has 1 amide bonds. The van der Waals surface area contributed by atoms with Crippen LogP contribution in [0.15, 0.2) is 28.8 Å². The Hall–Kier alpha value is -1.92. The molecule has 20 heavy (non-hydrogen) atoms. The average molecular weight is 295 g/mol. The van der Waals surface area contributed by atoms with Crippen LogP contribution in [0.1, 0.15) is 11.7 Å². The van der Waals surface area contributed by atoms with Crippen LogP contribution in [0.4, 0.5) is 5.69 Å². The minimum atomic E-state index is -0.153. The van der Waals surface area contributed by atoms with Crippen LogP contribution in [-0.2, 0) is 11.2 Å². The molecule has 0 radical (unpaired) electrons. The van der Waals surface area contributed by atoms with E-state index in [2.05, 4.69) is 20.8 Å². The van der Waals surface area contributed by atoms with Crippen molar-refractivity contribution in [2.24, 2.45) is 0 Å². The third-order valence-electron chi connectivity index (χ3n) is 2.52. The van der Waals surface area contributed by atoms with E-state index in [-0.39, 0.29) is 12.5 Å². The number of halogens is 1. The van der Waals surface area contributed by atoms with Gasteiger partial charge in [-0.15, -0.1) is 0 Å². The van der Waals surface area contributed by atoms with Gasteiger partial charge in [0.05, 0.1) is 17.3 Å². The molecule has 0 aliphatic heterocycles. The number of rotatable bonds is 6. The number of amides is 1. The molecule has 0 atom stereocenters. The zero-order valence-electron chi connectivity index (χ0n) is 11.0. The van der Waals surface area contributed by atoms with Gasteiger partial charge >= 0.3 is 0 Å². The number of anilines is 1.